The summed E-state index contributed by atoms with van der Waals surface area (Å²) in [4.78, 5) is 6.31. The molecule has 2 rings (SSSR count). The zero-order valence-corrected chi connectivity index (χ0v) is 17.4. The van der Waals surface area contributed by atoms with Gasteiger partial charge in [-0.3, -0.25) is 9.67 Å². The molecule has 1 unspecified atom stereocenters. The first-order valence-corrected chi connectivity index (χ1v) is 7.84. The maximum Gasteiger partial charge on any atom is 0.191 e. The van der Waals surface area contributed by atoms with Crippen LogP contribution in [-0.2, 0) is 13.6 Å². The summed E-state index contributed by atoms with van der Waals surface area (Å²) < 4.78 is 15.5. The number of nitrogens with one attached hydrogen (secondary N) is 2. The molecule has 0 saturated heterocycles. The van der Waals surface area contributed by atoms with Crippen LogP contribution in [0.25, 0.3) is 0 Å². The van der Waals surface area contributed by atoms with E-state index in [0.717, 1.165) is 5.56 Å². The van der Waals surface area contributed by atoms with E-state index in [1.165, 1.54) is 6.07 Å². The van der Waals surface area contributed by atoms with Gasteiger partial charge in [0.15, 0.2) is 5.96 Å². The lowest BCUT2D eigenvalue weighted by molar-refractivity contribution is 0.298. The van der Waals surface area contributed by atoms with E-state index in [1.807, 2.05) is 39.6 Å². The Balaban J connectivity index is 0.00000312. The predicted molar refractivity (Wildman–Crippen MR) is 110 cm³/mol. The number of nitrogens with zero attached hydrogens (tertiary/aromatic N) is 4. The maximum atomic E-state index is 13.7. The first kappa shape index (κ1) is 21.4. The van der Waals surface area contributed by atoms with E-state index in [0.29, 0.717) is 24.6 Å². The molecule has 1 atom stereocenters. The molecule has 0 fully saturated rings. The van der Waals surface area contributed by atoms with Crippen LogP contribution in [0.2, 0.25) is 0 Å². The van der Waals surface area contributed by atoms with E-state index in [9.17, 15) is 4.39 Å². The summed E-state index contributed by atoms with van der Waals surface area (Å²) in [5, 5.41) is 10.7. The van der Waals surface area contributed by atoms with Gasteiger partial charge >= 0.3 is 0 Å². The minimum atomic E-state index is -0.220. The summed E-state index contributed by atoms with van der Waals surface area (Å²) in [6, 6.07) is 6.87. The molecular formula is C17H26FIN6. The van der Waals surface area contributed by atoms with Crippen molar-refractivity contribution >= 4 is 29.9 Å². The first-order chi connectivity index (χ1) is 11.5. The fourth-order valence-electron chi connectivity index (χ4n) is 2.45. The van der Waals surface area contributed by atoms with Crippen LogP contribution in [0.3, 0.4) is 0 Å². The quantitative estimate of drug-likeness (QED) is 0.394. The van der Waals surface area contributed by atoms with Gasteiger partial charge < -0.3 is 15.5 Å². The average molecular weight is 460 g/mol. The lowest BCUT2D eigenvalue weighted by atomic mass is 10.1. The minimum absolute atomic E-state index is 0. The summed E-state index contributed by atoms with van der Waals surface area (Å²) in [5.41, 5.74) is 1.73. The van der Waals surface area contributed by atoms with Crippen molar-refractivity contribution in [1.82, 2.24) is 25.3 Å². The molecule has 0 bridgehead atoms. The molecule has 2 N–H and O–H groups in total. The molecule has 2 aromatic rings. The van der Waals surface area contributed by atoms with Gasteiger partial charge in [0.05, 0.1) is 12.2 Å². The molecule has 1 aromatic heterocycles. The molecule has 0 aliphatic rings. The standard InChI is InChI=1S/C17H25FN6.HI/c1-19-17(20-9-13-7-5-6-8-15(13)18)21-11-16(23(2)3)14-10-22-24(4)12-14;/h5-8,10,12,16H,9,11H2,1-4H3,(H2,19,20,21);1H. The van der Waals surface area contributed by atoms with Crippen LogP contribution in [0.5, 0.6) is 0 Å². The second-order valence-electron chi connectivity index (χ2n) is 5.82. The second-order valence-corrected chi connectivity index (χ2v) is 5.82. The zero-order chi connectivity index (χ0) is 17.5. The van der Waals surface area contributed by atoms with Crippen LogP contribution in [0.4, 0.5) is 4.39 Å². The Hall–Kier alpha value is -1.68. The van der Waals surface area contributed by atoms with Crippen molar-refractivity contribution < 1.29 is 4.39 Å². The van der Waals surface area contributed by atoms with E-state index < -0.39 is 0 Å². The Morgan fingerprint density at radius 3 is 2.60 bits per heavy atom. The van der Waals surface area contributed by atoms with Gasteiger partial charge in [-0.2, -0.15) is 5.10 Å². The van der Waals surface area contributed by atoms with Crippen LogP contribution in [0.1, 0.15) is 17.2 Å². The number of rotatable bonds is 6. The topological polar surface area (TPSA) is 57.5 Å². The molecule has 0 aliphatic heterocycles. The molecule has 138 valence electrons. The van der Waals surface area contributed by atoms with Gasteiger partial charge in [-0.1, -0.05) is 18.2 Å². The Kier molecular flexibility index (Phi) is 8.84. The molecule has 25 heavy (non-hydrogen) atoms. The third-order valence-electron chi connectivity index (χ3n) is 3.82. The van der Waals surface area contributed by atoms with Crippen LogP contribution >= 0.6 is 24.0 Å². The third kappa shape index (κ3) is 6.28. The summed E-state index contributed by atoms with van der Waals surface area (Å²) in [6.45, 7) is 1.04. The van der Waals surface area contributed by atoms with Gasteiger partial charge in [0, 0.05) is 44.5 Å². The smallest absolute Gasteiger partial charge is 0.191 e. The molecular weight excluding hydrogens is 434 g/mol. The van der Waals surface area contributed by atoms with Gasteiger partial charge in [-0.15, -0.1) is 24.0 Å². The summed E-state index contributed by atoms with van der Waals surface area (Å²) in [7, 11) is 7.65. The van der Waals surface area contributed by atoms with Crippen LogP contribution in [0.15, 0.2) is 41.7 Å². The van der Waals surface area contributed by atoms with Crippen molar-refractivity contribution in [2.24, 2.45) is 12.0 Å². The SMILES string of the molecule is CN=C(NCc1ccccc1F)NCC(c1cnn(C)c1)N(C)C.I. The molecule has 0 spiro atoms. The highest BCUT2D eigenvalue weighted by Gasteiger charge is 2.16. The van der Waals surface area contributed by atoms with Crippen LogP contribution in [-0.4, -0.2) is 48.3 Å². The number of aryl methyl sites for hydroxylation is 1. The lowest BCUT2D eigenvalue weighted by Gasteiger charge is -2.24. The third-order valence-corrected chi connectivity index (χ3v) is 3.82. The van der Waals surface area contributed by atoms with E-state index in [-0.39, 0.29) is 35.8 Å². The monoisotopic (exact) mass is 460 g/mol. The van der Waals surface area contributed by atoms with E-state index in [4.69, 9.17) is 0 Å². The fraction of sp³-hybridized carbons (Fsp3) is 0.412. The Morgan fingerprint density at radius 1 is 1.32 bits per heavy atom. The van der Waals surface area contributed by atoms with Crippen LogP contribution in [0, 0.1) is 5.82 Å². The summed E-state index contributed by atoms with van der Waals surface area (Å²) >= 11 is 0. The van der Waals surface area contributed by atoms with Gasteiger partial charge in [0.1, 0.15) is 5.82 Å². The number of aromatic nitrogens is 2. The van der Waals surface area contributed by atoms with Crippen molar-refractivity contribution in [1.29, 1.82) is 0 Å². The van der Waals surface area contributed by atoms with Crippen molar-refractivity contribution in [2.75, 3.05) is 27.7 Å². The van der Waals surface area contributed by atoms with Gasteiger partial charge in [0.2, 0.25) is 0 Å². The lowest BCUT2D eigenvalue weighted by Crippen LogP contribution is -2.41. The van der Waals surface area contributed by atoms with Crippen molar-refractivity contribution in [3.05, 3.63) is 53.6 Å². The summed E-state index contributed by atoms with van der Waals surface area (Å²) in [6.07, 6.45) is 3.86. The van der Waals surface area contributed by atoms with Crippen molar-refractivity contribution in [2.45, 2.75) is 12.6 Å². The average Bonchev–Trinajstić information content (AvgIpc) is 2.98. The molecule has 8 heteroatoms. The molecule has 6 nitrogen and oxygen atoms in total. The first-order valence-electron chi connectivity index (χ1n) is 7.84. The molecule has 1 aromatic carbocycles. The predicted octanol–water partition coefficient (Wildman–Crippen LogP) is 2.15. The molecule has 0 aliphatic carbocycles. The maximum absolute atomic E-state index is 13.7. The Bertz CT molecular complexity index is 685. The van der Waals surface area contributed by atoms with Crippen molar-refractivity contribution in [3.63, 3.8) is 0 Å². The Morgan fingerprint density at radius 2 is 2.04 bits per heavy atom. The molecule has 1 heterocycles. The normalized spacial score (nSPS) is 12.6. The van der Waals surface area contributed by atoms with E-state index >= 15 is 0 Å². The molecule has 0 amide bonds. The number of likely N-dealkylation sites (N-methyl/N-ethyl adjacent to an activating group) is 1. The van der Waals surface area contributed by atoms with Crippen molar-refractivity contribution in [3.8, 4) is 0 Å². The van der Waals surface area contributed by atoms with Gasteiger partial charge in [0.25, 0.3) is 0 Å². The van der Waals surface area contributed by atoms with Gasteiger partial charge in [-0.05, 0) is 20.2 Å². The highest BCUT2D eigenvalue weighted by Crippen LogP contribution is 2.16. The highest BCUT2D eigenvalue weighted by molar-refractivity contribution is 14.0. The zero-order valence-electron chi connectivity index (χ0n) is 15.0. The van der Waals surface area contributed by atoms with E-state index in [1.54, 1.807) is 23.9 Å². The van der Waals surface area contributed by atoms with E-state index in [2.05, 4.69) is 25.6 Å². The minimum Gasteiger partial charge on any atom is -0.354 e. The fourth-order valence-corrected chi connectivity index (χ4v) is 2.45. The number of benzene rings is 1. The Labute approximate surface area is 165 Å². The number of halogens is 2. The second kappa shape index (κ2) is 10.3. The number of guanidine groups is 1. The number of aliphatic imine (C=N–C) groups is 1. The highest BCUT2D eigenvalue weighted by atomic mass is 127. The molecule has 0 radical (unpaired) electrons. The molecule has 0 saturated carbocycles. The number of hydrogen-bond acceptors (Lipinski definition) is 3. The summed E-state index contributed by atoms with van der Waals surface area (Å²) in [5.74, 6) is 0.413. The largest absolute Gasteiger partial charge is 0.354 e. The van der Waals surface area contributed by atoms with Gasteiger partial charge in [-0.25, -0.2) is 4.39 Å². The number of hydrogen-bond donors (Lipinski definition) is 2. The van der Waals surface area contributed by atoms with Crippen LogP contribution < -0.4 is 10.6 Å².